The number of benzene rings is 1. The lowest BCUT2D eigenvalue weighted by molar-refractivity contribution is 0.396. The van der Waals surface area contributed by atoms with Gasteiger partial charge in [-0.25, -0.2) is 4.39 Å². The van der Waals surface area contributed by atoms with Gasteiger partial charge in [0, 0.05) is 11.6 Å². The Kier molecular flexibility index (Phi) is 3.07. The monoisotopic (exact) mass is 289 g/mol. The van der Waals surface area contributed by atoms with Crippen LogP contribution in [0.5, 0.6) is 0 Å². The molecule has 1 aromatic heterocycles. The fourth-order valence-electron chi connectivity index (χ4n) is 1.20. The molecule has 5 heteroatoms. The fraction of sp³-hybridized carbons (Fsp3) is 0.100. The highest BCUT2D eigenvalue weighted by Crippen LogP contribution is 2.29. The summed E-state index contributed by atoms with van der Waals surface area (Å²) in [7, 11) is 0. The Morgan fingerprint density at radius 2 is 2.27 bits per heavy atom. The number of hydrogen-bond acceptors (Lipinski definition) is 2. The first kappa shape index (κ1) is 10.6. The molecule has 0 fully saturated rings. The fourth-order valence-corrected chi connectivity index (χ4v) is 1.80. The van der Waals surface area contributed by atoms with Crippen molar-refractivity contribution in [3.63, 3.8) is 0 Å². The summed E-state index contributed by atoms with van der Waals surface area (Å²) >= 11 is 8.74. The number of rotatable bonds is 2. The number of alkyl halides is 1. The second-order valence-electron chi connectivity index (χ2n) is 2.91. The van der Waals surface area contributed by atoms with Gasteiger partial charge in [0.15, 0.2) is 5.76 Å². The predicted octanol–water partition coefficient (Wildman–Crippen LogP) is 3.98. The maximum Gasteiger partial charge on any atom is 0.152 e. The van der Waals surface area contributed by atoms with Crippen LogP contribution >= 0.6 is 27.5 Å². The summed E-state index contributed by atoms with van der Waals surface area (Å²) in [5, 5.41) is 3.80. The molecule has 2 rings (SSSR count). The van der Waals surface area contributed by atoms with Gasteiger partial charge in [-0.15, -0.1) is 11.6 Å². The molecule has 1 aromatic carbocycles. The van der Waals surface area contributed by atoms with Crippen LogP contribution in [0.25, 0.3) is 11.3 Å². The third kappa shape index (κ3) is 2.06. The summed E-state index contributed by atoms with van der Waals surface area (Å²) in [5.74, 6) is 0.477. The Morgan fingerprint density at radius 1 is 1.47 bits per heavy atom. The second kappa shape index (κ2) is 4.33. The Morgan fingerprint density at radius 3 is 2.93 bits per heavy atom. The molecular weight excluding hydrogens is 284 g/mol. The minimum Gasteiger partial charge on any atom is -0.359 e. The Bertz CT molecular complexity index is 486. The highest BCUT2D eigenvalue weighted by atomic mass is 79.9. The van der Waals surface area contributed by atoms with Gasteiger partial charge in [0.05, 0.1) is 10.4 Å². The highest BCUT2D eigenvalue weighted by molar-refractivity contribution is 9.10. The van der Waals surface area contributed by atoms with E-state index in [0.717, 1.165) is 0 Å². The third-order valence-electron chi connectivity index (χ3n) is 1.92. The Labute approximate surface area is 99.2 Å². The van der Waals surface area contributed by atoms with Crippen molar-refractivity contribution in [2.45, 2.75) is 5.88 Å². The molecule has 0 aliphatic rings. The van der Waals surface area contributed by atoms with Gasteiger partial charge >= 0.3 is 0 Å². The molecule has 0 saturated carbocycles. The van der Waals surface area contributed by atoms with Crippen molar-refractivity contribution in [2.24, 2.45) is 0 Å². The van der Waals surface area contributed by atoms with E-state index in [2.05, 4.69) is 21.1 Å². The molecule has 0 atom stereocenters. The lowest BCUT2D eigenvalue weighted by Gasteiger charge is -1.99. The van der Waals surface area contributed by atoms with Crippen molar-refractivity contribution in [1.29, 1.82) is 0 Å². The van der Waals surface area contributed by atoms with Gasteiger partial charge in [0.2, 0.25) is 0 Å². The Balaban J connectivity index is 2.49. The van der Waals surface area contributed by atoms with Gasteiger partial charge in [-0.2, -0.15) is 0 Å². The van der Waals surface area contributed by atoms with Crippen LogP contribution < -0.4 is 0 Å². The molecule has 78 valence electrons. The van der Waals surface area contributed by atoms with Crippen LogP contribution in [0, 0.1) is 5.82 Å². The second-order valence-corrected chi connectivity index (χ2v) is 3.97. The van der Waals surface area contributed by atoms with Gasteiger partial charge in [-0.1, -0.05) is 17.3 Å². The quantitative estimate of drug-likeness (QED) is 0.782. The van der Waals surface area contributed by atoms with Crippen LogP contribution in [-0.2, 0) is 5.88 Å². The zero-order valence-electron chi connectivity index (χ0n) is 7.51. The lowest BCUT2D eigenvalue weighted by Crippen LogP contribution is -1.83. The van der Waals surface area contributed by atoms with E-state index >= 15 is 0 Å². The number of aromatic nitrogens is 1. The molecule has 1 heterocycles. The first-order chi connectivity index (χ1) is 7.22. The van der Waals surface area contributed by atoms with Crippen LogP contribution in [0.4, 0.5) is 4.39 Å². The van der Waals surface area contributed by atoms with Crippen LogP contribution in [0.2, 0.25) is 0 Å². The maximum absolute atomic E-state index is 13.2. The predicted molar refractivity (Wildman–Crippen MR) is 59.2 cm³/mol. The average molecular weight is 291 g/mol. The highest BCUT2D eigenvalue weighted by Gasteiger charge is 2.11. The van der Waals surface area contributed by atoms with Crippen molar-refractivity contribution in [1.82, 2.24) is 5.16 Å². The summed E-state index contributed by atoms with van der Waals surface area (Å²) in [6.07, 6.45) is 0. The SMILES string of the molecule is Fc1cccc(-c2cc(CCl)on2)c1Br. The zero-order chi connectivity index (χ0) is 10.8. The molecule has 0 unspecified atom stereocenters. The molecule has 0 aliphatic carbocycles. The van der Waals surface area contributed by atoms with Crippen molar-refractivity contribution >= 4 is 27.5 Å². The zero-order valence-corrected chi connectivity index (χ0v) is 9.85. The normalized spacial score (nSPS) is 10.6. The minimum absolute atomic E-state index is 0.250. The summed E-state index contributed by atoms with van der Waals surface area (Å²) in [6.45, 7) is 0. The largest absolute Gasteiger partial charge is 0.359 e. The first-order valence-corrected chi connectivity index (χ1v) is 5.51. The number of hydrogen-bond donors (Lipinski definition) is 0. The van der Waals surface area contributed by atoms with E-state index in [-0.39, 0.29) is 11.7 Å². The summed E-state index contributed by atoms with van der Waals surface area (Å²) < 4.78 is 18.5. The van der Waals surface area contributed by atoms with Crippen molar-refractivity contribution in [3.8, 4) is 11.3 Å². The number of halogens is 3. The van der Waals surface area contributed by atoms with E-state index in [1.54, 1.807) is 18.2 Å². The molecule has 0 N–H and O–H groups in total. The van der Waals surface area contributed by atoms with Gasteiger partial charge in [-0.05, 0) is 22.0 Å². The van der Waals surface area contributed by atoms with Crippen LogP contribution in [0.3, 0.4) is 0 Å². The van der Waals surface area contributed by atoms with Gasteiger partial charge in [0.1, 0.15) is 11.5 Å². The van der Waals surface area contributed by atoms with Crippen LogP contribution in [0.15, 0.2) is 33.3 Å². The molecule has 0 saturated heterocycles. The third-order valence-corrected chi connectivity index (χ3v) is 2.99. The topological polar surface area (TPSA) is 26.0 Å². The summed E-state index contributed by atoms with van der Waals surface area (Å²) in [5.41, 5.74) is 1.21. The lowest BCUT2D eigenvalue weighted by atomic mass is 10.1. The van der Waals surface area contributed by atoms with E-state index in [1.165, 1.54) is 6.07 Å². The molecule has 0 amide bonds. The van der Waals surface area contributed by atoms with E-state index in [0.29, 0.717) is 21.5 Å². The van der Waals surface area contributed by atoms with Crippen LogP contribution in [-0.4, -0.2) is 5.16 Å². The van der Waals surface area contributed by atoms with Crippen molar-refractivity contribution in [3.05, 3.63) is 40.3 Å². The molecule has 15 heavy (non-hydrogen) atoms. The summed E-state index contributed by atoms with van der Waals surface area (Å²) in [4.78, 5) is 0. The van der Waals surface area contributed by atoms with Crippen molar-refractivity contribution < 1.29 is 8.91 Å². The molecular formula is C10H6BrClFNO. The van der Waals surface area contributed by atoms with Crippen LogP contribution in [0.1, 0.15) is 5.76 Å². The minimum atomic E-state index is -0.331. The number of nitrogens with zero attached hydrogens (tertiary/aromatic N) is 1. The van der Waals surface area contributed by atoms with Gasteiger partial charge < -0.3 is 4.52 Å². The molecule has 0 bridgehead atoms. The Hall–Kier alpha value is -0.870. The van der Waals surface area contributed by atoms with E-state index < -0.39 is 0 Å². The van der Waals surface area contributed by atoms with Crippen molar-refractivity contribution in [2.75, 3.05) is 0 Å². The maximum atomic E-state index is 13.2. The molecule has 2 nitrogen and oxygen atoms in total. The average Bonchev–Trinajstić information content (AvgIpc) is 2.70. The van der Waals surface area contributed by atoms with E-state index in [9.17, 15) is 4.39 Å². The molecule has 0 spiro atoms. The molecule has 0 radical (unpaired) electrons. The first-order valence-electron chi connectivity index (χ1n) is 4.18. The van der Waals surface area contributed by atoms with Gasteiger partial charge in [-0.3, -0.25) is 0 Å². The van der Waals surface area contributed by atoms with E-state index in [1.807, 2.05) is 0 Å². The smallest absolute Gasteiger partial charge is 0.152 e. The molecule has 2 aromatic rings. The summed E-state index contributed by atoms with van der Waals surface area (Å²) in [6, 6.07) is 6.43. The molecule has 0 aliphatic heterocycles. The standard InChI is InChI=1S/C10H6BrClFNO/c11-10-7(2-1-3-8(10)13)9-4-6(5-12)15-14-9/h1-4H,5H2. The van der Waals surface area contributed by atoms with Gasteiger partial charge in [0.25, 0.3) is 0 Å². The van der Waals surface area contributed by atoms with E-state index in [4.69, 9.17) is 16.1 Å².